The maximum atomic E-state index is 13.2. The minimum absolute atomic E-state index is 0.0783. The second-order valence-electron chi connectivity index (χ2n) is 11.0. The number of methoxy groups -OCH3 is 1. The van der Waals surface area contributed by atoms with E-state index >= 15 is 0 Å². The molecule has 2 atom stereocenters. The molecule has 3 aliphatic rings. The van der Waals surface area contributed by atoms with E-state index < -0.39 is 0 Å². The Balaban J connectivity index is 1.10. The number of aryl methyl sites for hydroxylation is 3. The van der Waals surface area contributed by atoms with Crippen LogP contribution in [0.2, 0.25) is 0 Å². The zero-order valence-corrected chi connectivity index (χ0v) is 22.4. The first kappa shape index (κ1) is 25.5. The Kier molecular flexibility index (Phi) is 7.63. The summed E-state index contributed by atoms with van der Waals surface area (Å²) < 4.78 is 4.84. The van der Waals surface area contributed by atoms with E-state index in [0.29, 0.717) is 23.3 Å². The fourth-order valence-corrected chi connectivity index (χ4v) is 6.47. The van der Waals surface area contributed by atoms with Crippen molar-refractivity contribution in [2.75, 3.05) is 51.3 Å². The largest absolute Gasteiger partial charge is 0.453 e. The van der Waals surface area contributed by atoms with Gasteiger partial charge in [-0.15, -0.1) is 0 Å². The van der Waals surface area contributed by atoms with Crippen molar-refractivity contribution in [2.24, 2.45) is 17.8 Å². The molecular formula is C29H39N5O3. The zero-order valence-electron chi connectivity index (χ0n) is 22.4. The number of ether oxygens (including phenoxy) is 1. The molecule has 0 radical (unpaired) electrons. The van der Waals surface area contributed by atoms with Crippen LogP contribution >= 0.6 is 0 Å². The van der Waals surface area contributed by atoms with E-state index in [1.54, 1.807) is 0 Å². The molecule has 0 saturated carbocycles. The number of amides is 2. The molecule has 0 N–H and O–H groups in total. The molecule has 198 valence electrons. The van der Waals surface area contributed by atoms with Crippen molar-refractivity contribution in [3.8, 4) is 0 Å². The van der Waals surface area contributed by atoms with Crippen LogP contribution in [0.4, 0.5) is 10.5 Å². The maximum Gasteiger partial charge on any atom is 0.409 e. The predicted octanol–water partition coefficient (Wildman–Crippen LogP) is 4.10. The Morgan fingerprint density at radius 3 is 2.30 bits per heavy atom. The van der Waals surface area contributed by atoms with E-state index in [0.717, 1.165) is 69.9 Å². The average Bonchev–Trinajstić information content (AvgIpc) is 3.49. The number of nitrogens with zero attached hydrogens (tertiary/aromatic N) is 5. The quantitative estimate of drug-likeness (QED) is 0.588. The van der Waals surface area contributed by atoms with E-state index in [4.69, 9.17) is 4.74 Å². The SMILES string of the molecule is COC(=O)N1CCC(CCCc2cccc(N3CC4CN(C(=O)c5c(C)ncnc5C)CC4C3)c2)CC1. The number of anilines is 1. The smallest absolute Gasteiger partial charge is 0.409 e. The molecule has 3 saturated heterocycles. The summed E-state index contributed by atoms with van der Waals surface area (Å²) in [6.45, 7) is 9.02. The van der Waals surface area contributed by atoms with Gasteiger partial charge in [-0.3, -0.25) is 4.79 Å². The summed E-state index contributed by atoms with van der Waals surface area (Å²) in [4.78, 5) is 39.7. The number of carbonyl (C=O) groups excluding carboxylic acids is 2. The molecule has 5 rings (SSSR count). The molecule has 3 aliphatic heterocycles. The fourth-order valence-electron chi connectivity index (χ4n) is 6.47. The highest BCUT2D eigenvalue weighted by Crippen LogP contribution is 2.35. The monoisotopic (exact) mass is 505 g/mol. The first-order valence-electron chi connectivity index (χ1n) is 13.7. The van der Waals surface area contributed by atoms with Crippen LogP contribution in [0.5, 0.6) is 0 Å². The van der Waals surface area contributed by atoms with E-state index in [2.05, 4.69) is 39.1 Å². The van der Waals surface area contributed by atoms with Gasteiger partial charge in [0.2, 0.25) is 0 Å². The van der Waals surface area contributed by atoms with Crippen molar-refractivity contribution in [1.82, 2.24) is 19.8 Å². The lowest BCUT2D eigenvalue weighted by molar-refractivity contribution is 0.0780. The Morgan fingerprint density at radius 1 is 0.973 bits per heavy atom. The Bertz CT molecular complexity index is 1100. The van der Waals surface area contributed by atoms with Crippen LogP contribution in [-0.2, 0) is 11.2 Å². The maximum absolute atomic E-state index is 13.2. The number of rotatable bonds is 6. The summed E-state index contributed by atoms with van der Waals surface area (Å²) >= 11 is 0. The van der Waals surface area contributed by atoms with Crippen molar-refractivity contribution >= 4 is 17.7 Å². The van der Waals surface area contributed by atoms with Gasteiger partial charge in [-0.05, 0) is 69.6 Å². The van der Waals surface area contributed by atoms with Crippen molar-refractivity contribution in [1.29, 1.82) is 0 Å². The molecule has 0 spiro atoms. The van der Waals surface area contributed by atoms with Crippen LogP contribution < -0.4 is 4.90 Å². The van der Waals surface area contributed by atoms with E-state index in [9.17, 15) is 9.59 Å². The van der Waals surface area contributed by atoms with Crippen LogP contribution in [0.3, 0.4) is 0 Å². The molecule has 1 aromatic carbocycles. The van der Waals surface area contributed by atoms with Gasteiger partial charge in [-0.25, -0.2) is 14.8 Å². The van der Waals surface area contributed by atoms with Gasteiger partial charge in [0.25, 0.3) is 5.91 Å². The minimum atomic E-state index is -0.198. The van der Waals surface area contributed by atoms with Gasteiger partial charge in [-0.1, -0.05) is 12.1 Å². The molecule has 37 heavy (non-hydrogen) atoms. The molecule has 2 unspecified atom stereocenters. The average molecular weight is 506 g/mol. The Morgan fingerprint density at radius 2 is 1.65 bits per heavy atom. The standard InChI is InChI=1S/C29H39N5O3/c1-20-27(21(2)31-19-30-20)28(35)34-17-24-15-33(16-25(24)18-34)26-9-5-8-23(14-26)7-4-6-22-10-12-32(13-11-22)29(36)37-3/h5,8-9,14,19,22,24-25H,4,6-7,10-13,15-18H2,1-3H3. The fraction of sp³-hybridized carbons (Fsp3) is 0.586. The summed E-state index contributed by atoms with van der Waals surface area (Å²) in [6.07, 6.45) is 6.95. The highest BCUT2D eigenvalue weighted by molar-refractivity contribution is 5.96. The van der Waals surface area contributed by atoms with Crippen LogP contribution in [-0.4, -0.2) is 78.1 Å². The molecule has 2 amide bonds. The normalized spacial score (nSPS) is 21.9. The first-order valence-corrected chi connectivity index (χ1v) is 13.7. The van der Waals surface area contributed by atoms with E-state index in [1.807, 2.05) is 23.6 Å². The molecule has 3 fully saturated rings. The number of piperidine rings is 1. The van der Waals surface area contributed by atoms with E-state index in [-0.39, 0.29) is 12.0 Å². The third-order valence-electron chi connectivity index (χ3n) is 8.61. The lowest BCUT2D eigenvalue weighted by Crippen LogP contribution is -2.38. The van der Waals surface area contributed by atoms with Gasteiger partial charge in [0.05, 0.1) is 24.1 Å². The van der Waals surface area contributed by atoms with Gasteiger partial charge in [-0.2, -0.15) is 0 Å². The number of fused-ring (bicyclic) bond motifs is 1. The van der Waals surface area contributed by atoms with Crippen LogP contribution in [0, 0.1) is 31.6 Å². The molecule has 0 bridgehead atoms. The number of likely N-dealkylation sites (tertiary alicyclic amines) is 2. The van der Waals surface area contributed by atoms with Crippen molar-refractivity contribution in [2.45, 2.75) is 46.0 Å². The Labute approximate surface area is 220 Å². The highest BCUT2D eigenvalue weighted by atomic mass is 16.5. The predicted molar refractivity (Wildman–Crippen MR) is 143 cm³/mol. The molecular weight excluding hydrogens is 466 g/mol. The molecule has 8 heteroatoms. The van der Waals surface area contributed by atoms with Gasteiger partial charge < -0.3 is 19.4 Å². The summed E-state index contributed by atoms with van der Waals surface area (Å²) in [5.41, 5.74) is 4.90. The van der Waals surface area contributed by atoms with Crippen LogP contribution in [0.1, 0.15) is 53.0 Å². The first-order chi connectivity index (χ1) is 17.9. The number of hydrogen-bond acceptors (Lipinski definition) is 6. The lowest BCUT2D eigenvalue weighted by atomic mass is 9.91. The van der Waals surface area contributed by atoms with Crippen molar-refractivity contribution < 1.29 is 14.3 Å². The number of hydrogen-bond donors (Lipinski definition) is 0. The summed E-state index contributed by atoms with van der Waals surface area (Å²) in [5.74, 6) is 1.79. The van der Waals surface area contributed by atoms with Crippen LogP contribution in [0.15, 0.2) is 30.6 Å². The third kappa shape index (κ3) is 5.58. The molecule has 8 nitrogen and oxygen atoms in total. The number of aromatic nitrogens is 2. The molecule has 0 aliphatic carbocycles. The summed E-state index contributed by atoms with van der Waals surface area (Å²) in [7, 11) is 1.45. The van der Waals surface area contributed by atoms with Crippen molar-refractivity contribution in [3.63, 3.8) is 0 Å². The van der Waals surface area contributed by atoms with Gasteiger partial charge in [0, 0.05) is 56.8 Å². The van der Waals surface area contributed by atoms with Gasteiger partial charge in [0.1, 0.15) is 6.33 Å². The Hall–Kier alpha value is -3.16. The number of benzene rings is 1. The second-order valence-corrected chi connectivity index (χ2v) is 11.0. The zero-order chi connectivity index (χ0) is 25.9. The lowest BCUT2D eigenvalue weighted by Gasteiger charge is -2.30. The topological polar surface area (TPSA) is 78.9 Å². The van der Waals surface area contributed by atoms with E-state index in [1.165, 1.54) is 37.5 Å². The van der Waals surface area contributed by atoms with Crippen molar-refractivity contribution in [3.05, 3.63) is 53.1 Å². The summed E-state index contributed by atoms with van der Waals surface area (Å²) in [5, 5.41) is 0. The summed E-state index contributed by atoms with van der Waals surface area (Å²) in [6, 6.07) is 9.01. The molecule has 4 heterocycles. The minimum Gasteiger partial charge on any atom is -0.453 e. The van der Waals surface area contributed by atoms with Crippen LogP contribution in [0.25, 0.3) is 0 Å². The van der Waals surface area contributed by atoms with Gasteiger partial charge in [0.15, 0.2) is 0 Å². The second kappa shape index (κ2) is 11.1. The third-order valence-corrected chi connectivity index (χ3v) is 8.61. The highest BCUT2D eigenvalue weighted by Gasteiger charge is 2.42. The molecule has 2 aromatic rings. The molecule has 1 aromatic heterocycles. The number of carbonyl (C=O) groups is 2. The van der Waals surface area contributed by atoms with Gasteiger partial charge >= 0.3 is 6.09 Å².